The molecule has 1 saturated heterocycles. The van der Waals surface area contributed by atoms with Crippen molar-refractivity contribution in [2.75, 3.05) is 44.2 Å². The zero-order chi connectivity index (χ0) is 21.8. The molecule has 2 heterocycles. The number of halogens is 2. The largest absolute Gasteiger partial charge is 0.381 e. The molecule has 164 valence electrons. The number of anilines is 1. The van der Waals surface area contributed by atoms with Crippen LogP contribution in [0.2, 0.25) is 10.0 Å². The number of piperazine rings is 1. The zero-order valence-electron chi connectivity index (χ0n) is 17.7. The highest BCUT2D eigenvalue weighted by atomic mass is 35.5. The zero-order valence-corrected chi connectivity index (χ0v) is 19.2. The second kappa shape index (κ2) is 9.94. The maximum atomic E-state index is 12.7. The van der Waals surface area contributed by atoms with Gasteiger partial charge in [0.2, 0.25) is 5.91 Å². The van der Waals surface area contributed by atoms with Gasteiger partial charge in [-0.25, -0.2) is 0 Å². The Labute approximate surface area is 194 Å². The number of rotatable bonds is 6. The summed E-state index contributed by atoms with van der Waals surface area (Å²) in [6.45, 7) is 7.18. The molecule has 5 nitrogen and oxygen atoms in total. The first-order valence-electron chi connectivity index (χ1n) is 10.8. The summed E-state index contributed by atoms with van der Waals surface area (Å²) in [7, 11) is 0. The Balaban J connectivity index is 1.23. The SMILES string of the molecule is CC1NC(c2ccccc2)=CC1C(=O)NCCN1CCN(c2cccc(Cl)c2Cl)CC1. The minimum atomic E-state index is -0.156. The van der Waals surface area contributed by atoms with Crippen molar-refractivity contribution in [1.29, 1.82) is 0 Å². The van der Waals surface area contributed by atoms with Crippen molar-refractivity contribution in [3.8, 4) is 0 Å². The molecular weight excluding hydrogens is 431 g/mol. The number of carbonyl (C=O) groups excluding carboxylic acids is 1. The lowest BCUT2D eigenvalue weighted by atomic mass is 10.0. The van der Waals surface area contributed by atoms with Crippen molar-refractivity contribution in [3.05, 3.63) is 70.2 Å². The lowest BCUT2D eigenvalue weighted by molar-refractivity contribution is -0.124. The van der Waals surface area contributed by atoms with Gasteiger partial charge in [-0.05, 0) is 30.7 Å². The van der Waals surface area contributed by atoms with Gasteiger partial charge in [0, 0.05) is 51.0 Å². The Bertz CT molecular complexity index is 942. The molecule has 1 amide bonds. The highest BCUT2D eigenvalue weighted by Crippen LogP contribution is 2.32. The van der Waals surface area contributed by atoms with Crippen LogP contribution in [0.3, 0.4) is 0 Å². The van der Waals surface area contributed by atoms with Gasteiger partial charge in [0.25, 0.3) is 0 Å². The van der Waals surface area contributed by atoms with E-state index in [1.165, 1.54) is 0 Å². The number of nitrogens with one attached hydrogen (secondary N) is 2. The van der Waals surface area contributed by atoms with Crippen molar-refractivity contribution in [1.82, 2.24) is 15.5 Å². The van der Waals surface area contributed by atoms with E-state index >= 15 is 0 Å². The minimum Gasteiger partial charge on any atom is -0.381 e. The number of carbonyl (C=O) groups is 1. The van der Waals surface area contributed by atoms with Crippen molar-refractivity contribution in [2.24, 2.45) is 5.92 Å². The van der Waals surface area contributed by atoms with Crippen molar-refractivity contribution in [3.63, 3.8) is 0 Å². The summed E-state index contributed by atoms with van der Waals surface area (Å²) >= 11 is 12.5. The fourth-order valence-corrected chi connectivity index (χ4v) is 4.63. The third kappa shape index (κ3) is 5.17. The fraction of sp³-hybridized carbons (Fsp3) is 0.375. The highest BCUT2D eigenvalue weighted by molar-refractivity contribution is 6.43. The molecular formula is C24H28Cl2N4O. The molecule has 7 heteroatoms. The van der Waals surface area contributed by atoms with Gasteiger partial charge < -0.3 is 15.5 Å². The predicted molar refractivity (Wildman–Crippen MR) is 129 cm³/mol. The van der Waals surface area contributed by atoms with Crippen LogP contribution in [0, 0.1) is 5.92 Å². The molecule has 1 fully saturated rings. The summed E-state index contributed by atoms with van der Waals surface area (Å²) in [4.78, 5) is 17.4. The van der Waals surface area contributed by atoms with Crippen LogP contribution >= 0.6 is 23.2 Å². The standard InChI is InChI=1S/C24H28Cl2N4O/c1-17-19(16-21(28-17)18-6-3-2-4-7-18)24(31)27-10-11-29-12-14-30(15-13-29)22-9-5-8-20(25)23(22)26/h2-9,16-17,19,28H,10-15H2,1H3,(H,27,31). The van der Waals surface area contributed by atoms with Crippen LogP contribution in [-0.2, 0) is 4.79 Å². The Morgan fingerprint density at radius 1 is 1.06 bits per heavy atom. The molecule has 4 rings (SSSR count). The Morgan fingerprint density at radius 2 is 1.81 bits per heavy atom. The lowest BCUT2D eigenvalue weighted by Gasteiger charge is -2.36. The second-order valence-corrected chi connectivity index (χ2v) is 8.88. The van der Waals surface area contributed by atoms with E-state index in [0.29, 0.717) is 16.6 Å². The van der Waals surface area contributed by atoms with Crippen molar-refractivity contribution in [2.45, 2.75) is 13.0 Å². The molecule has 31 heavy (non-hydrogen) atoms. The first-order chi connectivity index (χ1) is 15.0. The topological polar surface area (TPSA) is 47.6 Å². The van der Waals surface area contributed by atoms with Crippen molar-refractivity contribution >= 4 is 40.5 Å². The van der Waals surface area contributed by atoms with Gasteiger partial charge in [0.05, 0.1) is 21.7 Å². The monoisotopic (exact) mass is 458 g/mol. The van der Waals surface area contributed by atoms with Gasteiger partial charge in [0.1, 0.15) is 0 Å². The molecule has 2 aliphatic rings. The van der Waals surface area contributed by atoms with Crippen LogP contribution in [0.4, 0.5) is 5.69 Å². The smallest absolute Gasteiger partial charge is 0.229 e. The summed E-state index contributed by atoms with van der Waals surface area (Å²) in [6, 6.07) is 16.0. The third-order valence-electron chi connectivity index (χ3n) is 6.03. The molecule has 2 N–H and O–H groups in total. The summed E-state index contributed by atoms with van der Waals surface area (Å²) in [6.07, 6.45) is 2.04. The van der Waals surface area contributed by atoms with Gasteiger partial charge in [-0.3, -0.25) is 9.69 Å². The van der Waals surface area contributed by atoms with Gasteiger partial charge in [-0.15, -0.1) is 0 Å². The summed E-state index contributed by atoms with van der Waals surface area (Å²) < 4.78 is 0. The molecule has 2 atom stereocenters. The van der Waals surface area contributed by atoms with E-state index in [1.54, 1.807) is 0 Å². The van der Waals surface area contributed by atoms with Gasteiger partial charge in [-0.2, -0.15) is 0 Å². The predicted octanol–water partition coefficient (Wildman–Crippen LogP) is 3.88. The van der Waals surface area contributed by atoms with E-state index in [1.807, 2.05) is 42.5 Å². The molecule has 2 aromatic rings. The maximum absolute atomic E-state index is 12.7. The lowest BCUT2D eigenvalue weighted by Crippen LogP contribution is -2.49. The highest BCUT2D eigenvalue weighted by Gasteiger charge is 2.29. The molecule has 0 saturated carbocycles. The number of nitrogens with zero attached hydrogens (tertiary/aromatic N) is 2. The molecule has 0 aromatic heterocycles. The Hall–Kier alpha value is -2.21. The summed E-state index contributed by atoms with van der Waals surface area (Å²) in [5.74, 6) is -0.0766. The third-order valence-corrected chi connectivity index (χ3v) is 6.84. The van der Waals surface area contributed by atoms with E-state index in [2.05, 4.69) is 39.5 Å². The van der Waals surface area contributed by atoms with E-state index < -0.39 is 0 Å². The minimum absolute atomic E-state index is 0.0790. The van der Waals surface area contributed by atoms with E-state index in [4.69, 9.17) is 23.2 Å². The normalized spacial score (nSPS) is 21.5. The average Bonchev–Trinajstić information content (AvgIpc) is 3.18. The maximum Gasteiger partial charge on any atom is 0.229 e. The van der Waals surface area contributed by atoms with E-state index in [9.17, 15) is 4.79 Å². The van der Waals surface area contributed by atoms with E-state index in [0.717, 1.165) is 49.7 Å². The van der Waals surface area contributed by atoms with Crippen LogP contribution in [0.15, 0.2) is 54.6 Å². The quantitative estimate of drug-likeness (QED) is 0.689. The van der Waals surface area contributed by atoms with Crippen molar-refractivity contribution < 1.29 is 4.79 Å². The molecule has 0 spiro atoms. The summed E-state index contributed by atoms with van der Waals surface area (Å²) in [5.41, 5.74) is 3.14. The van der Waals surface area contributed by atoms with Gasteiger partial charge >= 0.3 is 0 Å². The first-order valence-corrected chi connectivity index (χ1v) is 11.5. The number of hydrogen-bond donors (Lipinski definition) is 2. The number of amides is 1. The molecule has 0 radical (unpaired) electrons. The average molecular weight is 459 g/mol. The number of hydrogen-bond acceptors (Lipinski definition) is 4. The van der Waals surface area contributed by atoms with Gasteiger partial charge in [-0.1, -0.05) is 59.6 Å². The molecule has 2 aromatic carbocycles. The van der Waals surface area contributed by atoms with Crippen LogP contribution in [0.25, 0.3) is 5.70 Å². The van der Waals surface area contributed by atoms with Crippen LogP contribution in [0.1, 0.15) is 12.5 Å². The Morgan fingerprint density at radius 3 is 2.55 bits per heavy atom. The number of benzene rings is 2. The molecule has 2 unspecified atom stereocenters. The van der Waals surface area contributed by atoms with Crippen LogP contribution in [0.5, 0.6) is 0 Å². The Kier molecular flexibility index (Phi) is 7.06. The summed E-state index contributed by atoms with van der Waals surface area (Å²) in [5, 5.41) is 7.76. The molecule has 2 aliphatic heterocycles. The van der Waals surface area contributed by atoms with E-state index in [-0.39, 0.29) is 17.9 Å². The fourth-order valence-electron chi connectivity index (χ4n) is 4.21. The van der Waals surface area contributed by atoms with Crippen LogP contribution < -0.4 is 15.5 Å². The molecule has 0 bridgehead atoms. The first kappa shape index (κ1) is 22.0. The van der Waals surface area contributed by atoms with Gasteiger partial charge in [0.15, 0.2) is 0 Å². The molecule has 0 aliphatic carbocycles. The second-order valence-electron chi connectivity index (χ2n) is 8.10. The van der Waals surface area contributed by atoms with Crippen LogP contribution in [-0.4, -0.2) is 56.1 Å².